The minimum Gasteiger partial charge on any atom is -0.367 e. The fourth-order valence-electron chi connectivity index (χ4n) is 4.41. The van der Waals surface area contributed by atoms with Gasteiger partial charge < -0.3 is 5.32 Å². The number of aryl methyl sites for hydroxylation is 1. The van der Waals surface area contributed by atoms with E-state index >= 15 is 0 Å². The summed E-state index contributed by atoms with van der Waals surface area (Å²) >= 11 is 0. The summed E-state index contributed by atoms with van der Waals surface area (Å²) in [6.07, 6.45) is 15.7. The molecule has 2 aromatic heterocycles. The Labute approximate surface area is 139 Å². The minimum atomic E-state index is 0.632. The molecular formula is C20H29N3. The van der Waals surface area contributed by atoms with Crippen LogP contribution in [0.1, 0.15) is 81.4 Å². The predicted molar refractivity (Wildman–Crippen MR) is 96.3 cm³/mol. The van der Waals surface area contributed by atoms with E-state index in [0.29, 0.717) is 12.0 Å². The number of pyridine rings is 1. The van der Waals surface area contributed by atoms with Crippen LogP contribution < -0.4 is 5.32 Å². The van der Waals surface area contributed by atoms with Crippen LogP contribution in [0.2, 0.25) is 0 Å². The predicted octanol–water partition coefficient (Wildman–Crippen LogP) is 5.44. The lowest BCUT2D eigenvalue weighted by Crippen LogP contribution is -2.24. The SMILES string of the molecule is Cc1ccn2c(NC3CCCCC3)c(C3CCCCC3)nc2c1. The summed E-state index contributed by atoms with van der Waals surface area (Å²) in [4.78, 5) is 5.06. The molecule has 0 bridgehead atoms. The molecule has 2 aliphatic carbocycles. The zero-order chi connectivity index (χ0) is 15.6. The van der Waals surface area contributed by atoms with Crippen molar-refractivity contribution in [1.29, 1.82) is 0 Å². The van der Waals surface area contributed by atoms with E-state index in [9.17, 15) is 0 Å². The van der Waals surface area contributed by atoms with Crippen LogP contribution in [-0.4, -0.2) is 15.4 Å². The number of anilines is 1. The number of imidazole rings is 1. The molecule has 3 heteroatoms. The van der Waals surface area contributed by atoms with E-state index in [1.807, 2.05) is 0 Å². The molecule has 2 aliphatic rings. The molecule has 0 unspecified atom stereocenters. The smallest absolute Gasteiger partial charge is 0.138 e. The third kappa shape index (κ3) is 3.11. The Morgan fingerprint density at radius 3 is 2.43 bits per heavy atom. The fourth-order valence-corrected chi connectivity index (χ4v) is 4.41. The maximum absolute atomic E-state index is 5.06. The van der Waals surface area contributed by atoms with E-state index in [-0.39, 0.29) is 0 Å². The molecule has 0 saturated heterocycles. The lowest BCUT2D eigenvalue weighted by Gasteiger charge is -2.26. The molecule has 23 heavy (non-hydrogen) atoms. The molecule has 124 valence electrons. The van der Waals surface area contributed by atoms with Gasteiger partial charge in [0.15, 0.2) is 0 Å². The first kappa shape index (κ1) is 15.0. The van der Waals surface area contributed by atoms with E-state index in [1.165, 1.54) is 81.3 Å². The van der Waals surface area contributed by atoms with Crippen LogP contribution >= 0.6 is 0 Å². The molecule has 4 rings (SSSR count). The topological polar surface area (TPSA) is 29.3 Å². The highest BCUT2D eigenvalue weighted by Gasteiger charge is 2.25. The first-order valence-corrected chi connectivity index (χ1v) is 9.56. The number of aromatic nitrogens is 2. The van der Waals surface area contributed by atoms with Gasteiger partial charge in [-0.2, -0.15) is 0 Å². The van der Waals surface area contributed by atoms with Gasteiger partial charge in [0.2, 0.25) is 0 Å². The summed E-state index contributed by atoms with van der Waals surface area (Å²) in [7, 11) is 0. The van der Waals surface area contributed by atoms with Crippen LogP contribution in [0, 0.1) is 6.92 Å². The Morgan fingerprint density at radius 2 is 1.70 bits per heavy atom. The maximum Gasteiger partial charge on any atom is 0.138 e. The highest BCUT2D eigenvalue weighted by Crippen LogP contribution is 2.37. The monoisotopic (exact) mass is 311 g/mol. The molecule has 0 aliphatic heterocycles. The van der Waals surface area contributed by atoms with Gasteiger partial charge in [-0.1, -0.05) is 38.5 Å². The Balaban J connectivity index is 1.71. The third-order valence-electron chi connectivity index (χ3n) is 5.75. The Kier molecular flexibility index (Phi) is 4.28. The first-order valence-electron chi connectivity index (χ1n) is 9.56. The van der Waals surface area contributed by atoms with Crippen molar-refractivity contribution >= 4 is 11.5 Å². The van der Waals surface area contributed by atoms with E-state index in [2.05, 4.69) is 35.0 Å². The van der Waals surface area contributed by atoms with Crippen LogP contribution in [0.15, 0.2) is 18.3 Å². The van der Waals surface area contributed by atoms with E-state index in [4.69, 9.17) is 4.98 Å². The van der Waals surface area contributed by atoms with E-state index in [0.717, 1.165) is 5.65 Å². The van der Waals surface area contributed by atoms with Gasteiger partial charge in [-0.05, 0) is 50.3 Å². The Morgan fingerprint density at radius 1 is 1.00 bits per heavy atom. The van der Waals surface area contributed by atoms with Crippen LogP contribution in [0.25, 0.3) is 5.65 Å². The summed E-state index contributed by atoms with van der Waals surface area (Å²) in [5.74, 6) is 1.94. The van der Waals surface area contributed by atoms with Crippen molar-refractivity contribution in [1.82, 2.24) is 9.38 Å². The van der Waals surface area contributed by atoms with Gasteiger partial charge in [0.25, 0.3) is 0 Å². The molecule has 0 atom stereocenters. The highest BCUT2D eigenvalue weighted by molar-refractivity contribution is 5.58. The van der Waals surface area contributed by atoms with Crippen molar-refractivity contribution in [2.45, 2.75) is 83.1 Å². The molecule has 0 spiro atoms. The van der Waals surface area contributed by atoms with Crippen molar-refractivity contribution < 1.29 is 0 Å². The summed E-state index contributed by atoms with van der Waals surface area (Å²) in [5.41, 5.74) is 3.74. The summed E-state index contributed by atoms with van der Waals surface area (Å²) < 4.78 is 2.30. The van der Waals surface area contributed by atoms with Gasteiger partial charge in [-0.15, -0.1) is 0 Å². The number of hydrogen-bond donors (Lipinski definition) is 1. The number of nitrogens with zero attached hydrogens (tertiary/aromatic N) is 2. The van der Waals surface area contributed by atoms with Crippen molar-refractivity contribution in [2.24, 2.45) is 0 Å². The fraction of sp³-hybridized carbons (Fsp3) is 0.650. The lowest BCUT2D eigenvalue weighted by molar-refractivity contribution is 0.435. The number of fused-ring (bicyclic) bond motifs is 1. The van der Waals surface area contributed by atoms with Crippen molar-refractivity contribution in [3.8, 4) is 0 Å². The minimum absolute atomic E-state index is 0.632. The molecule has 0 aromatic carbocycles. The Bertz CT molecular complexity index is 661. The number of rotatable bonds is 3. The molecule has 0 amide bonds. The standard InChI is InChI=1S/C20H29N3/c1-15-12-13-23-18(14-15)22-19(16-8-4-2-5-9-16)20(23)21-17-10-6-3-7-11-17/h12-14,16-17,21H,2-11H2,1H3. The van der Waals surface area contributed by atoms with Gasteiger partial charge in [0.05, 0.1) is 5.69 Å². The largest absolute Gasteiger partial charge is 0.367 e. The van der Waals surface area contributed by atoms with E-state index in [1.54, 1.807) is 0 Å². The molecule has 0 radical (unpaired) electrons. The average Bonchev–Trinajstić information content (AvgIpc) is 2.94. The van der Waals surface area contributed by atoms with Crippen LogP contribution in [0.3, 0.4) is 0 Å². The summed E-state index contributed by atoms with van der Waals surface area (Å²) in [6.45, 7) is 2.16. The van der Waals surface area contributed by atoms with E-state index < -0.39 is 0 Å². The van der Waals surface area contributed by atoms with Gasteiger partial charge >= 0.3 is 0 Å². The summed E-state index contributed by atoms with van der Waals surface area (Å²) in [5, 5.41) is 3.89. The molecule has 1 N–H and O–H groups in total. The molecule has 2 fully saturated rings. The second-order valence-corrected chi connectivity index (χ2v) is 7.59. The second-order valence-electron chi connectivity index (χ2n) is 7.59. The van der Waals surface area contributed by atoms with Crippen LogP contribution in [0.4, 0.5) is 5.82 Å². The Hall–Kier alpha value is -1.51. The zero-order valence-electron chi connectivity index (χ0n) is 14.4. The zero-order valence-corrected chi connectivity index (χ0v) is 14.4. The molecule has 2 saturated carbocycles. The van der Waals surface area contributed by atoms with Gasteiger partial charge in [-0.3, -0.25) is 4.40 Å². The lowest BCUT2D eigenvalue weighted by atomic mass is 9.86. The first-order chi connectivity index (χ1) is 11.3. The van der Waals surface area contributed by atoms with Crippen LogP contribution in [-0.2, 0) is 0 Å². The van der Waals surface area contributed by atoms with Gasteiger partial charge in [-0.25, -0.2) is 4.98 Å². The second kappa shape index (κ2) is 6.54. The van der Waals surface area contributed by atoms with Gasteiger partial charge in [0, 0.05) is 18.2 Å². The molecule has 3 nitrogen and oxygen atoms in total. The maximum atomic E-state index is 5.06. The van der Waals surface area contributed by atoms with Crippen molar-refractivity contribution in [3.05, 3.63) is 29.6 Å². The molecular weight excluding hydrogens is 282 g/mol. The number of hydrogen-bond acceptors (Lipinski definition) is 2. The highest BCUT2D eigenvalue weighted by atomic mass is 15.1. The number of nitrogens with one attached hydrogen (secondary N) is 1. The average molecular weight is 311 g/mol. The van der Waals surface area contributed by atoms with Gasteiger partial charge in [0.1, 0.15) is 11.5 Å². The van der Waals surface area contributed by atoms with Crippen molar-refractivity contribution in [2.75, 3.05) is 5.32 Å². The summed E-state index contributed by atoms with van der Waals surface area (Å²) in [6, 6.07) is 5.05. The molecule has 2 aromatic rings. The third-order valence-corrected chi connectivity index (χ3v) is 5.75. The normalized spacial score (nSPS) is 20.9. The molecule has 2 heterocycles. The van der Waals surface area contributed by atoms with Crippen molar-refractivity contribution in [3.63, 3.8) is 0 Å². The van der Waals surface area contributed by atoms with Crippen LogP contribution in [0.5, 0.6) is 0 Å². The quantitative estimate of drug-likeness (QED) is 0.818.